The van der Waals surface area contributed by atoms with Crippen LogP contribution >= 0.6 is 15.9 Å². The van der Waals surface area contributed by atoms with Crippen molar-refractivity contribution < 1.29 is 0 Å². The molecule has 0 spiro atoms. The van der Waals surface area contributed by atoms with Crippen LogP contribution in [-0.2, 0) is 0 Å². The van der Waals surface area contributed by atoms with Crippen molar-refractivity contribution in [3.8, 4) is 6.07 Å². The Balaban J connectivity index is 2.21. The summed E-state index contributed by atoms with van der Waals surface area (Å²) in [5.74, 6) is 0.145. The molecule has 8 heteroatoms. The second-order valence-corrected chi connectivity index (χ2v) is 3.75. The number of halogens is 1. The molecule has 0 bridgehead atoms. The van der Waals surface area contributed by atoms with Crippen molar-refractivity contribution in [2.75, 3.05) is 5.43 Å². The maximum Gasteiger partial charge on any atom is 0.235 e. The second kappa shape index (κ2) is 5.18. The smallest absolute Gasteiger partial charge is 0.235 e. The Morgan fingerprint density at radius 1 is 1.47 bits per heavy atom. The third-order valence-corrected chi connectivity index (χ3v) is 2.52. The lowest BCUT2D eigenvalue weighted by Gasteiger charge is -2.02. The van der Waals surface area contributed by atoms with E-state index in [-0.39, 0.29) is 11.5 Å². The van der Waals surface area contributed by atoms with Gasteiger partial charge in [0, 0.05) is 4.47 Å². The van der Waals surface area contributed by atoms with E-state index in [9.17, 15) is 0 Å². The van der Waals surface area contributed by atoms with Crippen molar-refractivity contribution in [1.82, 2.24) is 20.6 Å². The second-order valence-electron chi connectivity index (χ2n) is 2.90. The summed E-state index contributed by atoms with van der Waals surface area (Å²) in [7, 11) is 0. The molecule has 84 valence electrons. The maximum absolute atomic E-state index is 8.89. The Kier molecular flexibility index (Phi) is 3.42. The number of H-pyrrole nitrogens is 1. The largest absolute Gasteiger partial charge is 0.276 e. The topological polar surface area (TPSA) is 103 Å². The molecule has 1 heterocycles. The van der Waals surface area contributed by atoms with Gasteiger partial charge in [0.05, 0.1) is 5.69 Å². The SMILES string of the molecule is N#C/C(=N\Nc1ccccc1Br)c1nn[nH]n1. The maximum atomic E-state index is 8.89. The number of aromatic amines is 1. The number of anilines is 1. The van der Waals surface area contributed by atoms with Gasteiger partial charge in [-0.3, -0.25) is 5.43 Å². The third kappa shape index (κ3) is 2.64. The van der Waals surface area contributed by atoms with E-state index in [1.807, 2.05) is 30.3 Å². The first kappa shape index (κ1) is 11.2. The molecule has 0 saturated heterocycles. The molecule has 17 heavy (non-hydrogen) atoms. The quantitative estimate of drug-likeness (QED) is 0.655. The zero-order valence-corrected chi connectivity index (χ0v) is 10.0. The summed E-state index contributed by atoms with van der Waals surface area (Å²) in [4.78, 5) is 0. The molecule has 0 unspecified atom stereocenters. The Labute approximate surface area is 105 Å². The van der Waals surface area contributed by atoms with Crippen molar-refractivity contribution in [2.45, 2.75) is 0 Å². The van der Waals surface area contributed by atoms with Crippen LogP contribution in [0.1, 0.15) is 5.82 Å². The van der Waals surface area contributed by atoms with E-state index in [2.05, 4.69) is 47.1 Å². The molecule has 0 aliphatic carbocycles. The van der Waals surface area contributed by atoms with E-state index < -0.39 is 0 Å². The van der Waals surface area contributed by atoms with Gasteiger partial charge in [-0.05, 0) is 33.3 Å². The lowest BCUT2D eigenvalue weighted by Crippen LogP contribution is -2.04. The van der Waals surface area contributed by atoms with Gasteiger partial charge in [-0.1, -0.05) is 12.1 Å². The van der Waals surface area contributed by atoms with Crippen LogP contribution in [0.3, 0.4) is 0 Å². The van der Waals surface area contributed by atoms with Gasteiger partial charge in [-0.25, -0.2) is 0 Å². The summed E-state index contributed by atoms with van der Waals surface area (Å²) in [5.41, 5.74) is 3.54. The third-order valence-electron chi connectivity index (χ3n) is 1.83. The van der Waals surface area contributed by atoms with Gasteiger partial charge in [0.1, 0.15) is 6.07 Å². The molecule has 2 aromatic rings. The molecule has 0 atom stereocenters. The van der Waals surface area contributed by atoms with Crippen LogP contribution in [0.15, 0.2) is 33.8 Å². The van der Waals surface area contributed by atoms with Gasteiger partial charge in [-0.2, -0.15) is 15.6 Å². The van der Waals surface area contributed by atoms with Crippen LogP contribution < -0.4 is 5.43 Å². The van der Waals surface area contributed by atoms with Gasteiger partial charge in [-0.15, -0.1) is 10.2 Å². The van der Waals surface area contributed by atoms with Gasteiger partial charge >= 0.3 is 0 Å². The number of para-hydroxylation sites is 1. The summed E-state index contributed by atoms with van der Waals surface area (Å²) < 4.78 is 0.842. The minimum atomic E-state index is 0.0505. The molecule has 0 saturated carbocycles. The highest BCUT2D eigenvalue weighted by molar-refractivity contribution is 9.10. The molecular weight excluding hydrogens is 286 g/mol. The van der Waals surface area contributed by atoms with Crippen molar-refractivity contribution in [3.63, 3.8) is 0 Å². The van der Waals surface area contributed by atoms with E-state index in [0.29, 0.717) is 0 Å². The summed E-state index contributed by atoms with van der Waals surface area (Å²) in [6.07, 6.45) is 0. The van der Waals surface area contributed by atoms with Crippen LogP contribution in [0.4, 0.5) is 5.69 Å². The average molecular weight is 292 g/mol. The first-order chi connectivity index (χ1) is 8.31. The fraction of sp³-hybridized carbons (Fsp3) is 0. The van der Waals surface area contributed by atoms with Gasteiger partial charge in [0.15, 0.2) is 0 Å². The molecule has 0 aliphatic rings. The van der Waals surface area contributed by atoms with Gasteiger partial charge < -0.3 is 0 Å². The van der Waals surface area contributed by atoms with E-state index in [0.717, 1.165) is 10.2 Å². The van der Waals surface area contributed by atoms with Crippen molar-refractivity contribution in [2.24, 2.45) is 5.10 Å². The van der Waals surface area contributed by atoms with Crippen LogP contribution in [-0.4, -0.2) is 26.3 Å². The van der Waals surface area contributed by atoms with Crippen LogP contribution in [0.25, 0.3) is 0 Å². The lowest BCUT2D eigenvalue weighted by molar-refractivity contribution is 0.881. The van der Waals surface area contributed by atoms with E-state index in [1.54, 1.807) is 0 Å². The summed E-state index contributed by atoms with van der Waals surface area (Å²) in [6, 6.07) is 9.29. The molecule has 1 aromatic heterocycles. The van der Waals surface area contributed by atoms with E-state index in [4.69, 9.17) is 5.26 Å². The number of nitriles is 1. The molecule has 0 aliphatic heterocycles. The molecule has 7 nitrogen and oxygen atoms in total. The Morgan fingerprint density at radius 2 is 2.29 bits per heavy atom. The van der Waals surface area contributed by atoms with Gasteiger partial charge in [0.2, 0.25) is 11.5 Å². The number of hydrogen-bond acceptors (Lipinski definition) is 6. The van der Waals surface area contributed by atoms with Crippen LogP contribution in [0, 0.1) is 11.3 Å². The van der Waals surface area contributed by atoms with Crippen LogP contribution in [0.2, 0.25) is 0 Å². The zero-order valence-electron chi connectivity index (χ0n) is 8.42. The molecule has 0 radical (unpaired) electrons. The normalized spacial score (nSPS) is 10.9. The van der Waals surface area contributed by atoms with E-state index in [1.165, 1.54) is 0 Å². The van der Waals surface area contributed by atoms with Crippen molar-refractivity contribution in [1.29, 1.82) is 5.26 Å². The highest BCUT2D eigenvalue weighted by Crippen LogP contribution is 2.21. The molecule has 2 N–H and O–H groups in total. The van der Waals surface area contributed by atoms with Crippen molar-refractivity contribution >= 4 is 27.3 Å². The van der Waals surface area contributed by atoms with E-state index >= 15 is 0 Å². The molecular formula is C9H6BrN7. The number of rotatable bonds is 3. The van der Waals surface area contributed by atoms with Crippen molar-refractivity contribution in [3.05, 3.63) is 34.6 Å². The predicted molar refractivity (Wildman–Crippen MR) is 64.1 cm³/mol. The fourth-order valence-electron chi connectivity index (χ4n) is 1.06. The first-order valence-electron chi connectivity index (χ1n) is 4.53. The number of nitrogens with one attached hydrogen (secondary N) is 2. The number of aromatic nitrogens is 4. The zero-order chi connectivity index (χ0) is 12.1. The minimum absolute atomic E-state index is 0.0505. The number of benzene rings is 1. The molecule has 2 rings (SSSR count). The molecule has 0 amide bonds. The predicted octanol–water partition coefficient (Wildman–Crippen LogP) is 1.30. The van der Waals surface area contributed by atoms with Gasteiger partial charge in [0.25, 0.3) is 0 Å². The number of hydrogen-bond donors (Lipinski definition) is 2. The number of nitrogens with zero attached hydrogens (tertiary/aromatic N) is 5. The minimum Gasteiger partial charge on any atom is -0.276 e. The highest BCUT2D eigenvalue weighted by Gasteiger charge is 2.07. The molecule has 0 fully saturated rings. The fourth-order valence-corrected chi connectivity index (χ4v) is 1.43. The molecule has 1 aromatic carbocycles. The standard InChI is InChI=1S/C9H6BrN7/c10-6-3-1-2-4-7(6)12-13-8(5-11)9-14-16-17-15-9/h1-4,12H,(H,14,15,16,17)/b13-8+. The number of hydrazone groups is 1. The monoisotopic (exact) mass is 291 g/mol. The summed E-state index contributed by atoms with van der Waals surface area (Å²) >= 11 is 3.35. The highest BCUT2D eigenvalue weighted by atomic mass is 79.9. The number of tetrazole rings is 1. The lowest BCUT2D eigenvalue weighted by atomic mass is 10.3. The Bertz CT molecular complexity index is 569. The first-order valence-corrected chi connectivity index (χ1v) is 5.32. The Hall–Kier alpha value is -2.27. The average Bonchev–Trinajstić information content (AvgIpc) is 2.86. The van der Waals surface area contributed by atoms with Crippen LogP contribution in [0.5, 0.6) is 0 Å². The Morgan fingerprint density at radius 3 is 2.94 bits per heavy atom. The summed E-state index contributed by atoms with van der Waals surface area (Å²) in [6.45, 7) is 0. The summed E-state index contributed by atoms with van der Waals surface area (Å²) in [5, 5.41) is 25.8.